The van der Waals surface area contributed by atoms with Gasteiger partial charge in [-0.15, -0.1) is 22.7 Å². The molecule has 2 aromatic heterocycles. The molecule has 0 unspecified atom stereocenters. The second kappa shape index (κ2) is 7.13. The second-order valence-electron chi connectivity index (χ2n) is 7.02. The number of primary amides is 1. The molecule has 2 aliphatic rings. The van der Waals surface area contributed by atoms with Gasteiger partial charge in [-0.25, -0.2) is 0 Å². The van der Waals surface area contributed by atoms with E-state index < -0.39 is 5.91 Å². The van der Waals surface area contributed by atoms with Gasteiger partial charge in [0.2, 0.25) is 5.91 Å². The van der Waals surface area contributed by atoms with Crippen LogP contribution >= 0.6 is 22.7 Å². The summed E-state index contributed by atoms with van der Waals surface area (Å²) in [5.41, 5.74) is 8.53. The summed E-state index contributed by atoms with van der Waals surface area (Å²) < 4.78 is 0. The van der Waals surface area contributed by atoms with Crippen molar-refractivity contribution >= 4 is 39.5 Å². The Morgan fingerprint density at radius 3 is 2.88 bits per heavy atom. The summed E-state index contributed by atoms with van der Waals surface area (Å²) in [4.78, 5) is 29.4. The summed E-state index contributed by atoms with van der Waals surface area (Å²) >= 11 is 3.32. The van der Waals surface area contributed by atoms with Crippen molar-refractivity contribution in [2.75, 3.05) is 18.4 Å². The zero-order chi connectivity index (χ0) is 18.3. The van der Waals surface area contributed by atoms with Gasteiger partial charge in [0.1, 0.15) is 5.00 Å². The topological polar surface area (TPSA) is 75.4 Å². The average Bonchev–Trinajstić information content (AvgIpc) is 3.21. The number of rotatable bonds is 4. The first kappa shape index (κ1) is 17.7. The zero-order valence-corrected chi connectivity index (χ0v) is 16.5. The highest BCUT2D eigenvalue weighted by molar-refractivity contribution is 7.17. The highest BCUT2D eigenvalue weighted by atomic mass is 32.1. The van der Waals surface area contributed by atoms with E-state index in [0.717, 1.165) is 44.2 Å². The SMILES string of the molecule is C[C@@H]1c2ccsc2CCN1CC(=O)Nc1sc2c(c1C(N)=O)CCCC2. The lowest BCUT2D eigenvalue weighted by Gasteiger charge is -2.32. The lowest BCUT2D eigenvalue weighted by molar-refractivity contribution is -0.117. The molecule has 1 aliphatic carbocycles. The molecule has 0 spiro atoms. The van der Waals surface area contributed by atoms with Crippen LogP contribution in [0.2, 0.25) is 0 Å². The van der Waals surface area contributed by atoms with Gasteiger partial charge >= 0.3 is 0 Å². The minimum atomic E-state index is -0.436. The van der Waals surface area contributed by atoms with Crippen LogP contribution in [0, 0.1) is 0 Å². The number of carbonyl (C=O) groups is 2. The van der Waals surface area contributed by atoms with Crippen molar-refractivity contribution in [3.8, 4) is 0 Å². The lowest BCUT2D eigenvalue weighted by atomic mass is 9.95. The normalized spacial score (nSPS) is 19.7. The van der Waals surface area contributed by atoms with E-state index in [2.05, 4.69) is 28.6 Å². The van der Waals surface area contributed by atoms with E-state index >= 15 is 0 Å². The van der Waals surface area contributed by atoms with Crippen LogP contribution in [-0.4, -0.2) is 29.8 Å². The molecule has 26 heavy (non-hydrogen) atoms. The largest absolute Gasteiger partial charge is 0.365 e. The molecule has 2 aromatic rings. The Balaban J connectivity index is 1.49. The molecule has 3 heterocycles. The molecule has 0 bridgehead atoms. The van der Waals surface area contributed by atoms with Gasteiger partial charge in [0.25, 0.3) is 5.91 Å². The summed E-state index contributed by atoms with van der Waals surface area (Å²) in [6.45, 7) is 3.36. The third-order valence-electron chi connectivity index (χ3n) is 5.42. The first-order chi connectivity index (χ1) is 12.5. The minimum Gasteiger partial charge on any atom is -0.365 e. The van der Waals surface area contributed by atoms with Gasteiger partial charge in [0.15, 0.2) is 0 Å². The van der Waals surface area contributed by atoms with Gasteiger partial charge in [-0.05, 0) is 61.6 Å². The van der Waals surface area contributed by atoms with Crippen LogP contribution in [0.3, 0.4) is 0 Å². The number of hydrogen-bond acceptors (Lipinski definition) is 5. The Kier molecular flexibility index (Phi) is 4.86. The van der Waals surface area contributed by atoms with E-state index in [1.54, 1.807) is 11.3 Å². The maximum absolute atomic E-state index is 12.7. The van der Waals surface area contributed by atoms with E-state index in [4.69, 9.17) is 5.73 Å². The van der Waals surface area contributed by atoms with Crippen molar-refractivity contribution in [3.05, 3.63) is 37.9 Å². The van der Waals surface area contributed by atoms with Gasteiger partial charge in [0.05, 0.1) is 12.1 Å². The third kappa shape index (κ3) is 3.19. The number of nitrogens with zero attached hydrogens (tertiary/aromatic N) is 1. The van der Waals surface area contributed by atoms with Crippen molar-refractivity contribution in [1.82, 2.24) is 4.90 Å². The molecule has 0 fully saturated rings. The molecular weight excluding hydrogens is 366 g/mol. The predicted molar refractivity (Wildman–Crippen MR) is 106 cm³/mol. The van der Waals surface area contributed by atoms with Crippen molar-refractivity contribution in [2.45, 2.75) is 45.1 Å². The van der Waals surface area contributed by atoms with E-state index in [1.165, 1.54) is 26.7 Å². The lowest BCUT2D eigenvalue weighted by Crippen LogP contribution is -2.39. The quantitative estimate of drug-likeness (QED) is 0.842. The smallest absolute Gasteiger partial charge is 0.251 e. The van der Waals surface area contributed by atoms with E-state index in [9.17, 15) is 9.59 Å². The molecule has 1 atom stereocenters. The molecule has 2 amide bonds. The Morgan fingerprint density at radius 2 is 2.08 bits per heavy atom. The molecule has 7 heteroatoms. The molecule has 0 aromatic carbocycles. The first-order valence-electron chi connectivity index (χ1n) is 9.09. The molecule has 3 N–H and O–H groups in total. The second-order valence-corrected chi connectivity index (χ2v) is 9.13. The minimum absolute atomic E-state index is 0.0726. The van der Waals surface area contributed by atoms with Crippen LogP contribution in [-0.2, 0) is 24.1 Å². The van der Waals surface area contributed by atoms with Crippen LogP contribution in [0.1, 0.15) is 57.0 Å². The van der Waals surface area contributed by atoms with Gasteiger partial charge in [-0.2, -0.15) is 0 Å². The van der Waals surface area contributed by atoms with Crippen molar-refractivity contribution in [2.24, 2.45) is 5.73 Å². The summed E-state index contributed by atoms with van der Waals surface area (Å²) in [5, 5.41) is 5.73. The number of hydrogen-bond donors (Lipinski definition) is 2. The van der Waals surface area contributed by atoms with Gasteiger partial charge < -0.3 is 11.1 Å². The Morgan fingerprint density at radius 1 is 1.27 bits per heavy atom. The van der Waals surface area contributed by atoms with Crippen LogP contribution in [0.15, 0.2) is 11.4 Å². The van der Waals surface area contributed by atoms with Gasteiger partial charge in [0, 0.05) is 22.3 Å². The maximum Gasteiger partial charge on any atom is 0.251 e. The van der Waals surface area contributed by atoms with Crippen molar-refractivity contribution in [3.63, 3.8) is 0 Å². The molecule has 138 valence electrons. The molecule has 5 nitrogen and oxygen atoms in total. The molecule has 1 aliphatic heterocycles. The molecule has 0 saturated heterocycles. The van der Waals surface area contributed by atoms with Crippen LogP contribution in [0.25, 0.3) is 0 Å². The van der Waals surface area contributed by atoms with E-state index in [-0.39, 0.29) is 11.9 Å². The number of thiophene rings is 2. The number of nitrogens with one attached hydrogen (secondary N) is 1. The number of fused-ring (bicyclic) bond motifs is 2. The Bertz CT molecular complexity index is 855. The van der Waals surface area contributed by atoms with Crippen molar-refractivity contribution < 1.29 is 9.59 Å². The van der Waals surface area contributed by atoms with Crippen LogP contribution in [0.4, 0.5) is 5.00 Å². The number of nitrogens with two attached hydrogens (primary N) is 1. The fourth-order valence-corrected chi connectivity index (χ4v) is 6.32. The monoisotopic (exact) mass is 389 g/mol. The fraction of sp³-hybridized carbons (Fsp3) is 0.474. The van der Waals surface area contributed by atoms with Gasteiger partial charge in [-0.3, -0.25) is 14.5 Å². The summed E-state index contributed by atoms with van der Waals surface area (Å²) in [6.07, 6.45) is 5.05. The highest BCUT2D eigenvalue weighted by Crippen LogP contribution is 2.38. The summed E-state index contributed by atoms with van der Waals surface area (Å²) in [7, 11) is 0. The van der Waals surface area contributed by atoms with Crippen LogP contribution in [0.5, 0.6) is 0 Å². The number of anilines is 1. The van der Waals surface area contributed by atoms with Gasteiger partial charge in [-0.1, -0.05) is 0 Å². The fourth-order valence-electron chi connectivity index (χ4n) is 4.04. The van der Waals surface area contributed by atoms with E-state index in [0.29, 0.717) is 17.1 Å². The van der Waals surface area contributed by atoms with Crippen LogP contribution < -0.4 is 11.1 Å². The molecular formula is C19H23N3O2S2. The highest BCUT2D eigenvalue weighted by Gasteiger charge is 2.28. The summed E-state index contributed by atoms with van der Waals surface area (Å²) in [6, 6.07) is 2.40. The molecule has 0 radical (unpaired) electrons. The number of aryl methyl sites for hydroxylation is 1. The summed E-state index contributed by atoms with van der Waals surface area (Å²) in [5.74, 6) is -0.509. The molecule has 4 rings (SSSR count). The first-order valence-corrected chi connectivity index (χ1v) is 10.8. The zero-order valence-electron chi connectivity index (χ0n) is 14.8. The Hall–Kier alpha value is -1.70. The van der Waals surface area contributed by atoms with Crippen molar-refractivity contribution in [1.29, 1.82) is 0 Å². The predicted octanol–water partition coefficient (Wildman–Crippen LogP) is 3.35. The molecule has 0 saturated carbocycles. The Labute approximate surface area is 161 Å². The average molecular weight is 390 g/mol. The third-order valence-corrected chi connectivity index (χ3v) is 7.62. The standard InChI is InChI=1S/C19H23N3O2S2/c1-11-12-7-9-25-14(12)6-8-22(11)10-16(23)21-19-17(18(20)24)13-4-2-3-5-15(13)26-19/h7,9,11H,2-6,8,10H2,1H3,(H2,20,24)(H,21,23)/t11-/m1/s1. The number of amides is 2. The van der Waals surface area contributed by atoms with E-state index in [1.807, 2.05) is 0 Å². The number of carbonyl (C=O) groups excluding carboxylic acids is 2. The maximum atomic E-state index is 12.7.